The summed E-state index contributed by atoms with van der Waals surface area (Å²) < 4.78 is 5.57. The van der Waals surface area contributed by atoms with Crippen molar-refractivity contribution in [1.29, 1.82) is 0 Å². The molecule has 4 rings (SSSR count). The van der Waals surface area contributed by atoms with E-state index >= 15 is 0 Å². The number of furan rings is 1. The first kappa shape index (κ1) is 19.2. The largest absolute Gasteiger partial charge is 0.468 e. The van der Waals surface area contributed by atoms with E-state index < -0.39 is 0 Å². The van der Waals surface area contributed by atoms with Crippen molar-refractivity contribution in [3.05, 3.63) is 24.2 Å². The Bertz CT molecular complexity index is 687. The summed E-state index contributed by atoms with van der Waals surface area (Å²) in [7, 11) is 0. The predicted molar refractivity (Wildman–Crippen MR) is 102 cm³/mol. The molecule has 0 spiro atoms. The van der Waals surface area contributed by atoms with Crippen molar-refractivity contribution in [3.63, 3.8) is 0 Å². The zero-order valence-electron chi connectivity index (χ0n) is 16.3. The highest BCUT2D eigenvalue weighted by Crippen LogP contribution is 2.38. The molecule has 3 heterocycles. The lowest BCUT2D eigenvalue weighted by Crippen LogP contribution is -2.39. The fraction of sp³-hybridized carbons (Fsp3) is 0.667. The maximum Gasteiger partial charge on any atom is 0.233 e. The van der Waals surface area contributed by atoms with Gasteiger partial charge in [0.15, 0.2) is 0 Å². The number of rotatable bonds is 7. The van der Waals surface area contributed by atoms with Crippen LogP contribution < -0.4 is 5.32 Å². The van der Waals surface area contributed by atoms with E-state index in [9.17, 15) is 14.4 Å². The number of nitrogens with zero attached hydrogens (tertiary/aromatic N) is 2. The minimum atomic E-state index is -0.150. The molecule has 1 aromatic rings. The number of imide groups is 1. The van der Waals surface area contributed by atoms with Crippen molar-refractivity contribution in [1.82, 2.24) is 15.1 Å². The van der Waals surface area contributed by atoms with Gasteiger partial charge in [-0.25, -0.2) is 0 Å². The lowest BCUT2D eigenvalue weighted by Gasteiger charge is -2.26. The first-order valence-corrected chi connectivity index (χ1v) is 10.5. The molecule has 3 unspecified atom stereocenters. The number of fused-ring (bicyclic) bond motifs is 1. The van der Waals surface area contributed by atoms with Crippen molar-refractivity contribution in [2.24, 2.45) is 11.8 Å². The third-order valence-electron chi connectivity index (χ3n) is 6.44. The van der Waals surface area contributed by atoms with Crippen LogP contribution in [0.15, 0.2) is 22.8 Å². The summed E-state index contributed by atoms with van der Waals surface area (Å²) >= 11 is 0. The third kappa shape index (κ3) is 3.85. The third-order valence-corrected chi connectivity index (χ3v) is 6.44. The van der Waals surface area contributed by atoms with Crippen molar-refractivity contribution < 1.29 is 18.8 Å². The number of likely N-dealkylation sites (tertiary alicyclic amines) is 2. The van der Waals surface area contributed by atoms with Crippen LogP contribution in [0.4, 0.5) is 0 Å². The van der Waals surface area contributed by atoms with E-state index in [2.05, 4.69) is 10.2 Å². The van der Waals surface area contributed by atoms with E-state index in [1.165, 1.54) is 4.90 Å². The molecular formula is C21H29N3O4. The van der Waals surface area contributed by atoms with Gasteiger partial charge in [0.1, 0.15) is 5.76 Å². The highest BCUT2D eigenvalue weighted by molar-refractivity contribution is 6.05. The second-order valence-electron chi connectivity index (χ2n) is 8.15. The van der Waals surface area contributed by atoms with E-state index in [0.717, 1.165) is 57.4 Å². The maximum atomic E-state index is 12.5. The van der Waals surface area contributed by atoms with Crippen molar-refractivity contribution >= 4 is 17.7 Å². The van der Waals surface area contributed by atoms with E-state index in [1.54, 1.807) is 6.26 Å². The molecule has 3 atom stereocenters. The number of carbonyl (C=O) groups excluding carboxylic acids is 3. The Morgan fingerprint density at radius 2 is 1.79 bits per heavy atom. The summed E-state index contributed by atoms with van der Waals surface area (Å²) in [4.78, 5) is 41.1. The van der Waals surface area contributed by atoms with Gasteiger partial charge in [0.2, 0.25) is 17.7 Å². The van der Waals surface area contributed by atoms with E-state index in [4.69, 9.17) is 4.42 Å². The predicted octanol–water partition coefficient (Wildman–Crippen LogP) is 2.10. The molecule has 0 aromatic carbocycles. The smallest absolute Gasteiger partial charge is 0.233 e. The van der Waals surface area contributed by atoms with Crippen LogP contribution in [0.5, 0.6) is 0 Å². The second kappa shape index (κ2) is 8.47. The lowest BCUT2D eigenvalue weighted by molar-refractivity contribution is -0.140. The van der Waals surface area contributed by atoms with Crippen LogP contribution in [0.3, 0.4) is 0 Å². The van der Waals surface area contributed by atoms with Crippen LogP contribution in [0.25, 0.3) is 0 Å². The molecule has 152 valence electrons. The monoisotopic (exact) mass is 387 g/mol. The molecule has 0 bridgehead atoms. The van der Waals surface area contributed by atoms with Gasteiger partial charge in [-0.1, -0.05) is 12.8 Å². The SMILES string of the molecule is O=C(CCN1C(=O)C2CCCCC2C1=O)NCC(c1ccco1)N1CCCC1. The van der Waals surface area contributed by atoms with Gasteiger partial charge in [-0.3, -0.25) is 24.2 Å². The van der Waals surface area contributed by atoms with Crippen LogP contribution in [0, 0.1) is 11.8 Å². The van der Waals surface area contributed by atoms with Gasteiger partial charge in [-0.15, -0.1) is 0 Å². The lowest BCUT2D eigenvalue weighted by atomic mass is 9.81. The van der Waals surface area contributed by atoms with Gasteiger partial charge in [0.05, 0.1) is 24.1 Å². The van der Waals surface area contributed by atoms with Gasteiger partial charge in [0.25, 0.3) is 0 Å². The Hall–Kier alpha value is -2.15. The van der Waals surface area contributed by atoms with Crippen LogP contribution in [-0.2, 0) is 14.4 Å². The molecule has 1 aromatic heterocycles. The quantitative estimate of drug-likeness (QED) is 0.725. The van der Waals surface area contributed by atoms with E-state index in [0.29, 0.717) is 6.54 Å². The molecule has 2 aliphatic heterocycles. The normalized spacial score (nSPS) is 26.5. The summed E-state index contributed by atoms with van der Waals surface area (Å²) in [5, 5.41) is 2.97. The zero-order chi connectivity index (χ0) is 19.5. The number of hydrogen-bond donors (Lipinski definition) is 1. The standard InChI is InChI=1S/C21H29N3O4/c25-19(9-12-24-20(26)15-6-1-2-7-16(15)21(24)27)22-14-17(18-8-5-13-28-18)23-10-3-4-11-23/h5,8,13,15-17H,1-4,6-7,9-12,14H2,(H,22,25). The zero-order valence-corrected chi connectivity index (χ0v) is 16.3. The average molecular weight is 387 g/mol. The van der Waals surface area contributed by atoms with E-state index in [-0.39, 0.29) is 48.6 Å². The fourth-order valence-corrected chi connectivity index (χ4v) is 4.91. The molecule has 2 saturated heterocycles. The molecule has 3 fully saturated rings. The average Bonchev–Trinajstić information content (AvgIpc) is 3.45. The molecule has 28 heavy (non-hydrogen) atoms. The summed E-state index contributed by atoms with van der Waals surface area (Å²) in [6.07, 6.45) is 7.76. The van der Waals surface area contributed by atoms with Gasteiger partial charge in [-0.2, -0.15) is 0 Å². The molecule has 3 aliphatic rings. The molecule has 7 heteroatoms. The van der Waals surface area contributed by atoms with E-state index in [1.807, 2.05) is 12.1 Å². The Kier molecular flexibility index (Phi) is 5.80. The minimum Gasteiger partial charge on any atom is -0.468 e. The van der Waals surface area contributed by atoms with Gasteiger partial charge in [0, 0.05) is 19.5 Å². The van der Waals surface area contributed by atoms with Crippen molar-refractivity contribution in [2.45, 2.75) is 51.0 Å². The maximum absolute atomic E-state index is 12.5. The number of hydrogen-bond acceptors (Lipinski definition) is 5. The molecule has 1 saturated carbocycles. The molecule has 7 nitrogen and oxygen atoms in total. The van der Waals surface area contributed by atoms with Gasteiger partial charge in [-0.05, 0) is 50.9 Å². The summed E-state index contributed by atoms with van der Waals surface area (Å²) in [5.41, 5.74) is 0. The number of amides is 3. The van der Waals surface area contributed by atoms with Crippen LogP contribution >= 0.6 is 0 Å². The summed E-state index contributed by atoms with van der Waals surface area (Å²) in [5.74, 6) is 0.272. The molecule has 3 amide bonds. The van der Waals surface area contributed by atoms with Gasteiger partial charge >= 0.3 is 0 Å². The Morgan fingerprint density at radius 3 is 2.39 bits per heavy atom. The summed E-state index contributed by atoms with van der Waals surface area (Å²) in [6.45, 7) is 2.66. The highest BCUT2D eigenvalue weighted by Gasteiger charge is 2.47. The molecule has 1 N–H and O–H groups in total. The number of nitrogens with one attached hydrogen (secondary N) is 1. The topological polar surface area (TPSA) is 82.9 Å². The van der Waals surface area contributed by atoms with Crippen LogP contribution in [0.1, 0.15) is 56.7 Å². The van der Waals surface area contributed by atoms with Gasteiger partial charge < -0.3 is 9.73 Å². The Morgan fingerprint density at radius 1 is 1.11 bits per heavy atom. The Labute approximate surface area is 165 Å². The van der Waals surface area contributed by atoms with Crippen molar-refractivity contribution in [2.75, 3.05) is 26.2 Å². The number of carbonyl (C=O) groups is 3. The molecule has 1 aliphatic carbocycles. The van der Waals surface area contributed by atoms with Crippen LogP contribution in [-0.4, -0.2) is 53.7 Å². The summed E-state index contributed by atoms with van der Waals surface area (Å²) in [6, 6.07) is 3.84. The fourth-order valence-electron chi connectivity index (χ4n) is 4.91. The minimum absolute atomic E-state index is 0.0272. The molecule has 0 radical (unpaired) electrons. The van der Waals surface area contributed by atoms with Crippen molar-refractivity contribution in [3.8, 4) is 0 Å². The first-order chi connectivity index (χ1) is 13.6. The highest BCUT2D eigenvalue weighted by atomic mass is 16.3. The molecular weight excluding hydrogens is 358 g/mol. The second-order valence-corrected chi connectivity index (χ2v) is 8.15. The Balaban J connectivity index is 1.29. The first-order valence-electron chi connectivity index (χ1n) is 10.5. The van der Waals surface area contributed by atoms with Crippen LogP contribution in [0.2, 0.25) is 0 Å².